The Morgan fingerprint density at radius 1 is 1.90 bits per heavy atom. The van der Waals surface area contributed by atoms with Crippen LogP contribution < -0.4 is 4.80 Å². The third-order valence-electron chi connectivity index (χ3n) is 0.939. The van der Waals surface area contributed by atoms with E-state index in [1.807, 2.05) is 0 Å². The topological polar surface area (TPSA) is 60.4 Å². The number of hydrogen-bond acceptors (Lipinski definition) is 4. The third kappa shape index (κ3) is 1.06. The van der Waals surface area contributed by atoms with Crippen molar-refractivity contribution in [1.29, 1.82) is 0 Å². The van der Waals surface area contributed by atoms with Crippen molar-refractivity contribution in [2.45, 2.75) is 0 Å². The second-order valence-corrected chi connectivity index (χ2v) is 2.36. The van der Waals surface area contributed by atoms with E-state index in [9.17, 15) is 10.1 Å². The summed E-state index contributed by atoms with van der Waals surface area (Å²) < 4.78 is 0.880. The summed E-state index contributed by atoms with van der Waals surface area (Å²) in [6.07, 6.45) is 1.37. The van der Waals surface area contributed by atoms with E-state index in [1.165, 1.54) is 24.6 Å². The predicted octanol–water partition coefficient (Wildman–Crippen LogP) is 0.120. The van der Waals surface area contributed by atoms with Crippen LogP contribution in [0.4, 0.5) is 0 Å². The van der Waals surface area contributed by atoms with Crippen molar-refractivity contribution in [3.05, 3.63) is 26.5 Å². The van der Waals surface area contributed by atoms with Crippen LogP contribution in [-0.2, 0) is 0 Å². The van der Waals surface area contributed by atoms with Crippen LogP contribution in [0.5, 0.6) is 0 Å². The zero-order valence-electron chi connectivity index (χ0n) is 5.22. The Kier molecular flexibility index (Phi) is 1.81. The maximum Gasteiger partial charge on any atom is 0.249 e. The summed E-state index contributed by atoms with van der Waals surface area (Å²) in [6.45, 7) is 0. The van der Waals surface area contributed by atoms with Gasteiger partial charge in [0.25, 0.3) is 0 Å². The van der Waals surface area contributed by atoms with Crippen LogP contribution in [0.25, 0.3) is 0 Å². The van der Waals surface area contributed by atoms with Gasteiger partial charge in [-0.1, -0.05) is 11.3 Å². The lowest BCUT2D eigenvalue weighted by molar-refractivity contribution is -0.544. The van der Waals surface area contributed by atoms with Gasteiger partial charge in [0.05, 0.1) is 6.20 Å². The Balaban J connectivity index is 3.28. The van der Waals surface area contributed by atoms with Crippen LogP contribution in [0.15, 0.2) is 16.6 Å². The second kappa shape index (κ2) is 2.61. The van der Waals surface area contributed by atoms with Gasteiger partial charge in [-0.2, -0.15) is 0 Å². The van der Waals surface area contributed by atoms with Crippen molar-refractivity contribution >= 4 is 11.3 Å². The first kappa shape index (κ1) is 6.94. The number of nitro groups is 1. The summed E-state index contributed by atoms with van der Waals surface area (Å²) >= 11 is 1.23. The molecule has 5 nitrogen and oxygen atoms in total. The lowest BCUT2D eigenvalue weighted by Crippen LogP contribution is -2.20. The SMILES string of the molecule is CN=c1sccn1[N+](=O)[O-]. The molecule has 0 aliphatic rings. The molecule has 0 N–H and O–H groups in total. The molecule has 0 radical (unpaired) electrons. The molecule has 1 rings (SSSR count). The second-order valence-electron chi connectivity index (χ2n) is 1.49. The molecule has 0 unspecified atom stereocenters. The number of rotatable bonds is 1. The first-order chi connectivity index (χ1) is 4.75. The fraction of sp³-hybridized carbons (Fsp3) is 0.250. The van der Waals surface area contributed by atoms with E-state index in [0.29, 0.717) is 4.80 Å². The first-order valence-corrected chi connectivity index (χ1v) is 3.37. The summed E-state index contributed by atoms with van der Waals surface area (Å²) in [4.78, 5) is 14.2. The van der Waals surface area contributed by atoms with Gasteiger partial charge in [0.1, 0.15) is 0 Å². The molecule has 0 aromatic carbocycles. The Labute approximate surface area is 60.4 Å². The summed E-state index contributed by atoms with van der Waals surface area (Å²) in [5.74, 6) is 0. The van der Waals surface area contributed by atoms with Gasteiger partial charge < -0.3 is 0 Å². The average Bonchev–Trinajstić information content (AvgIpc) is 2.33. The number of hydrogen-bond donors (Lipinski definition) is 0. The Morgan fingerprint density at radius 3 is 3.00 bits per heavy atom. The fourth-order valence-corrected chi connectivity index (χ4v) is 1.18. The van der Waals surface area contributed by atoms with Gasteiger partial charge in [0.2, 0.25) is 4.80 Å². The highest BCUT2D eigenvalue weighted by atomic mass is 32.1. The van der Waals surface area contributed by atoms with Crippen LogP contribution in [0.2, 0.25) is 0 Å². The highest BCUT2D eigenvalue weighted by molar-refractivity contribution is 7.07. The standard InChI is InChI=1S/C4H5N3O2S/c1-5-4-6(7(8)9)2-3-10-4/h2-3H,1H3. The minimum Gasteiger partial charge on any atom is -0.257 e. The van der Waals surface area contributed by atoms with Gasteiger partial charge in [-0.3, -0.25) is 4.99 Å². The van der Waals surface area contributed by atoms with Crippen LogP contribution >= 0.6 is 11.3 Å². The molecule has 0 aliphatic heterocycles. The molecule has 10 heavy (non-hydrogen) atoms. The van der Waals surface area contributed by atoms with Crippen molar-refractivity contribution in [3.8, 4) is 0 Å². The quantitative estimate of drug-likeness (QED) is 0.431. The molecule has 1 heterocycles. The Morgan fingerprint density at radius 2 is 2.60 bits per heavy atom. The fourth-order valence-electron chi connectivity index (χ4n) is 0.546. The van der Waals surface area contributed by atoms with Crippen LogP contribution in [0.3, 0.4) is 0 Å². The van der Waals surface area contributed by atoms with Crippen LogP contribution in [0, 0.1) is 10.1 Å². The van der Waals surface area contributed by atoms with Gasteiger partial charge in [-0.25, -0.2) is 10.1 Å². The van der Waals surface area contributed by atoms with Crippen LogP contribution in [-0.4, -0.2) is 16.8 Å². The van der Waals surface area contributed by atoms with E-state index in [0.717, 1.165) is 4.68 Å². The largest absolute Gasteiger partial charge is 0.257 e. The van der Waals surface area contributed by atoms with Crippen molar-refractivity contribution in [2.75, 3.05) is 7.05 Å². The van der Waals surface area contributed by atoms with Crippen molar-refractivity contribution in [1.82, 2.24) is 4.68 Å². The molecular weight excluding hydrogens is 154 g/mol. The molecule has 0 bridgehead atoms. The highest BCUT2D eigenvalue weighted by Crippen LogP contribution is 1.87. The molecule has 6 heteroatoms. The molecule has 0 spiro atoms. The maximum absolute atomic E-state index is 10.2. The van der Waals surface area contributed by atoms with Gasteiger partial charge >= 0.3 is 0 Å². The molecule has 0 saturated carbocycles. The van der Waals surface area contributed by atoms with Gasteiger partial charge in [-0.15, -0.1) is 0 Å². The van der Waals surface area contributed by atoms with E-state index in [2.05, 4.69) is 4.99 Å². The Bertz CT molecular complexity index is 299. The molecule has 0 aliphatic carbocycles. The Hall–Kier alpha value is -1.17. The minimum atomic E-state index is -0.515. The zero-order chi connectivity index (χ0) is 7.56. The van der Waals surface area contributed by atoms with Crippen molar-refractivity contribution < 1.29 is 5.03 Å². The molecule has 0 atom stereocenters. The average molecular weight is 159 g/mol. The van der Waals surface area contributed by atoms with E-state index in [1.54, 1.807) is 5.38 Å². The number of nitrogens with zero attached hydrogens (tertiary/aromatic N) is 3. The van der Waals surface area contributed by atoms with Crippen LogP contribution in [0.1, 0.15) is 0 Å². The smallest absolute Gasteiger partial charge is 0.249 e. The van der Waals surface area contributed by atoms with E-state index in [4.69, 9.17) is 0 Å². The molecule has 0 amide bonds. The predicted molar refractivity (Wildman–Crippen MR) is 36.2 cm³/mol. The lowest BCUT2D eigenvalue weighted by Gasteiger charge is -1.85. The minimum absolute atomic E-state index is 0.394. The van der Waals surface area contributed by atoms with Gasteiger partial charge in [0, 0.05) is 12.4 Å². The van der Waals surface area contributed by atoms with E-state index >= 15 is 0 Å². The van der Waals surface area contributed by atoms with E-state index < -0.39 is 5.03 Å². The molecule has 1 aromatic rings. The summed E-state index contributed by atoms with van der Waals surface area (Å²) in [7, 11) is 1.52. The number of thiazole rings is 1. The molecule has 0 fully saturated rings. The summed E-state index contributed by atoms with van der Waals surface area (Å²) in [5.41, 5.74) is 0. The lowest BCUT2D eigenvalue weighted by atomic mass is 11.0. The highest BCUT2D eigenvalue weighted by Gasteiger charge is 2.01. The monoisotopic (exact) mass is 159 g/mol. The summed E-state index contributed by atoms with van der Waals surface area (Å²) in [5, 5.41) is 11.3. The van der Waals surface area contributed by atoms with Crippen molar-refractivity contribution in [2.24, 2.45) is 4.99 Å². The summed E-state index contributed by atoms with van der Waals surface area (Å²) in [6, 6.07) is 0. The maximum atomic E-state index is 10.2. The first-order valence-electron chi connectivity index (χ1n) is 2.49. The molecular formula is C4H5N3O2S. The van der Waals surface area contributed by atoms with Gasteiger partial charge in [-0.05, 0) is 4.68 Å². The van der Waals surface area contributed by atoms with E-state index in [-0.39, 0.29) is 0 Å². The number of aromatic nitrogens is 1. The van der Waals surface area contributed by atoms with Gasteiger partial charge in [0.15, 0.2) is 5.03 Å². The third-order valence-corrected chi connectivity index (χ3v) is 1.78. The zero-order valence-corrected chi connectivity index (χ0v) is 6.04. The molecule has 0 saturated heterocycles. The van der Waals surface area contributed by atoms with Crippen molar-refractivity contribution in [3.63, 3.8) is 0 Å². The normalized spacial score (nSPS) is 11.9. The molecule has 54 valence electrons. The molecule has 1 aromatic heterocycles.